The molecule has 1 aromatic rings. The highest BCUT2D eigenvalue weighted by atomic mass is 16.3. The minimum atomic E-state index is -0.288. The maximum atomic E-state index is 12.3. The number of amides is 1. The van der Waals surface area contributed by atoms with Crippen LogP contribution >= 0.6 is 0 Å². The minimum Gasteiger partial charge on any atom is -0.508 e. The Hall–Kier alpha value is -2.47. The lowest BCUT2D eigenvalue weighted by Crippen LogP contribution is -2.40. The summed E-state index contributed by atoms with van der Waals surface area (Å²) in [5.41, 5.74) is 1.04. The number of carbonyl (C=O) groups is 2. The number of aromatic hydroxyl groups is 1. The number of ketones is 1. The smallest absolute Gasteiger partial charge is 0.278 e. The highest BCUT2D eigenvalue weighted by molar-refractivity contribution is 6.16. The fourth-order valence-corrected chi connectivity index (χ4v) is 2.00. The molecule has 0 saturated heterocycles. The molecule has 0 saturated carbocycles. The molecule has 110 valence electrons. The SMILES string of the molecule is CNCC1=N/C(=C\c2ccc(O)cc2)C(=O)N1CC(C)=O. The number of hydrogen-bond donors (Lipinski definition) is 2. The minimum absolute atomic E-state index is 0.0201. The van der Waals surface area contributed by atoms with Crippen molar-refractivity contribution < 1.29 is 14.7 Å². The number of amidine groups is 1. The Kier molecular flexibility index (Phi) is 4.49. The average molecular weight is 287 g/mol. The Bertz CT molecular complexity index is 618. The topological polar surface area (TPSA) is 82.0 Å². The van der Waals surface area contributed by atoms with Crippen LogP contribution in [-0.2, 0) is 9.59 Å². The van der Waals surface area contributed by atoms with Crippen molar-refractivity contribution in [1.82, 2.24) is 10.2 Å². The van der Waals surface area contributed by atoms with Gasteiger partial charge in [-0.3, -0.25) is 14.5 Å². The van der Waals surface area contributed by atoms with Gasteiger partial charge >= 0.3 is 0 Å². The van der Waals surface area contributed by atoms with Crippen molar-refractivity contribution in [2.45, 2.75) is 6.92 Å². The summed E-state index contributed by atoms with van der Waals surface area (Å²) in [4.78, 5) is 29.3. The molecule has 0 fully saturated rings. The Labute approximate surface area is 122 Å². The van der Waals surface area contributed by atoms with Crippen molar-refractivity contribution in [1.29, 1.82) is 0 Å². The summed E-state index contributed by atoms with van der Waals surface area (Å²) in [6, 6.07) is 6.46. The predicted octanol–water partition coefficient (Wildman–Crippen LogP) is 0.782. The first-order valence-corrected chi connectivity index (χ1v) is 6.55. The molecule has 0 bridgehead atoms. The molecule has 2 N–H and O–H groups in total. The summed E-state index contributed by atoms with van der Waals surface area (Å²) in [7, 11) is 1.75. The fraction of sp³-hybridized carbons (Fsp3) is 0.267. The van der Waals surface area contributed by atoms with Gasteiger partial charge in [0.25, 0.3) is 5.91 Å². The number of nitrogens with one attached hydrogen (secondary N) is 1. The number of nitrogens with zero attached hydrogens (tertiary/aromatic N) is 2. The summed E-state index contributed by atoms with van der Waals surface area (Å²) in [5, 5.41) is 12.2. The molecule has 6 nitrogen and oxygen atoms in total. The largest absolute Gasteiger partial charge is 0.508 e. The van der Waals surface area contributed by atoms with Gasteiger partial charge in [-0.05, 0) is 37.7 Å². The number of benzene rings is 1. The molecule has 0 atom stereocenters. The Morgan fingerprint density at radius 1 is 1.38 bits per heavy atom. The van der Waals surface area contributed by atoms with E-state index >= 15 is 0 Å². The van der Waals surface area contributed by atoms with Crippen LogP contribution in [0, 0.1) is 0 Å². The molecule has 0 aliphatic carbocycles. The lowest BCUT2D eigenvalue weighted by Gasteiger charge is -2.15. The fourth-order valence-electron chi connectivity index (χ4n) is 2.00. The summed E-state index contributed by atoms with van der Waals surface area (Å²) in [6.07, 6.45) is 1.64. The van der Waals surface area contributed by atoms with Gasteiger partial charge in [0, 0.05) is 0 Å². The van der Waals surface area contributed by atoms with Crippen molar-refractivity contribution in [3.05, 3.63) is 35.5 Å². The summed E-state index contributed by atoms with van der Waals surface area (Å²) < 4.78 is 0. The van der Waals surface area contributed by atoms with Crippen molar-refractivity contribution in [3.63, 3.8) is 0 Å². The van der Waals surface area contributed by atoms with Gasteiger partial charge < -0.3 is 10.4 Å². The molecule has 1 aliphatic rings. The van der Waals surface area contributed by atoms with E-state index in [1.165, 1.54) is 24.0 Å². The third-order valence-electron chi connectivity index (χ3n) is 2.94. The zero-order chi connectivity index (χ0) is 15.4. The van der Waals surface area contributed by atoms with Crippen molar-refractivity contribution in [2.75, 3.05) is 20.1 Å². The molecular formula is C15H17N3O3. The standard InChI is InChI=1S/C15H17N3O3/c1-10(19)9-18-14(8-16-2)17-13(15(18)21)7-11-3-5-12(20)6-4-11/h3-7,16,20H,8-9H2,1-2H3/b13-7-. The third-order valence-corrected chi connectivity index (χ3v) is 2.94. The van der Waals surface area contributed by atoms with Gasteiger partial charge in [0.2, 0.25) is 0 Å². The van der Waals surface area contributed by atoms with E-state index in [0.29, 0.717) is 12.4 Å². The van der Waals surface area contributed by atoms with Gasteiger partial charge in [0.15, 0.2) is 0 Å². The number of Topliss-reactive ketones (excluding diaryl/α,β-unsaturated/α-hetero) is 1. The first-order valence-electron chi connectivity index (χ1n) is 6.55. The number of hydrogen-bond acceptors (Lipinski definition) is 5. The molecule has 0 radical (unpaired) electrons. The molecule has 1 amide bonds. The number of rotatable bonds is 5. The van der Waals surface area contributed by atoms with Crippen molar-refractivity contribution in [2.24, 2.45) is 4.99 Å². The predicted molar refractivity (Wildman–Crippen MR) is 79.8 cm³/mol. The van der Waals surface area contributed by atoms with Crippen molar-refractivity contribution >= 4 is 23.6 Å². The molecule has 0 spiro atoms. The van der Waals surface area contributed by atoms with Crippen LogP contribution < -0.4 is 5.32 Å². The molecule has 0 aromatic heterocycles. The first kappa shape index (κ1) is 14.9. The second-order valence-electron chi connectivity index (χ2n) is 4.77. The van der Waals surface area contributed by atoms with Crippen LogP contribution in [0.5, 0.6) is 5.75 Å². The number of likely N-dealkylation sites (N-methyl/N-ethyl adjacent to an activating group) is 1. The monoisotopic (exact) mass is 287 g/mol. The van der Waals surface area contributed by atoms with Gasteiger partial charge in [-0.2, -0.15) is 0 Å². The second kappa shape index (κ2) is 6.32. The van der Waals surface area contributed by atoms with E-state index in [-0.39, 0.29) is 29.7 Å². The molecular weight excluding hydrogens is 270 g/mol. The van der Waals surface area contributed by atoms with Crippen LogP contribution in [0.1, 0.15) is 12.5 Å². The summed E-state index contributed by atoms with van der Waals surface area (Å²) in [6.45, 7) is 1.87. The number of phenolic OH excluding ortho intramolecular Hbond substituents is 1. The van der Waals surface area contributed by atoms with Gasteiger partial charge in [-0.25, -0.2) is 4.99 Å². The van der Waals surface area contributed by atoms with Crippen LogP contribution in [-0.4, -0.2) is 47.7 Å². The van der Waals surface area contributed by atoms with E-state index in [0.717, 1.165) is 5.56 Å². The maximum Gasteiger partial charge on any atom is 0.278 e. The summed E-state index contributed by atoms with van der Waals surface area (Å²) in [5.74, 6) is 0.303. The molecule has 1 aromatic carbocycles. The zero-order valence-electron chi connectivity index (χ0n) is 12.0. The maximum absolute atomic E-state index is 12.3. The van der Waals surface area contributed by atoms with E-state index in [1.807, 2.05) is 0 Å². The lowest BCUT2D eigenvalue weighted by atomic mass is 10.2. The van der Waals surface area contributed by atoms with Crippen LogP contribution in [0.4, 0.5) is 0 Å². The Balaban J connectivity index is 2.29. The normalized spacial score (nSPS) is 16.5. The first-order chi connectivity index (χ1) is 10.0. The third kappa shape index (κ3) is 3.55. The molecule has 2 rings (SSSR count). The second-order valence-corrected chi connectivity index (χ2v) is 4.77. The van der Waals surface area contributed by atoms with Crippen LogP contribution in [0.3, 0.4) is 0 Å². The number of phenols is 1. The number of carbonyl (C=O) groups excluding carboxylic acids is 2. The van der Waals surface area contributed by atoms with Gasteiger partial charge in [0.1, 0.15) is 23.1 Å². The highest BCUT2D eigenvalue weighted by Crippen LogP contribution is 2.19. The Morgan fingerprint density at radius 2 is 2.05 bits per heavy atom. The molecule has 1 aliphatic heterocycles. The van der Waals surface area contributed by atoms with E-state index in [1.54, 1.807) is 25.3 Å². The van der Waals surface area contributed by atoms with E-state index in [4.69, 9.17) is 0 Å². The lowest BCUT2D eigenvalue weighted by molar-refractivity contribution is -0.127. The van der Waals surface area contributed by atoms with Crippen molar-refractivity contribution in [3.8, 4) is 5.75 Å². The Morgan fingerprint density at radius 3 is 2.62 bits per heavy atom. The van der Waals surface area contributed by atoms with E-state index < -0.39 is 0 Å². The average Bonchev–Trinajstić information content (AvgIpc) is 2.70. The molecule has 1 heterocycles. The number of aliphatic imine (C=N–C) groups is 1. The van der Waals surface area contributed by atoms with Gasteiger partial charge in [-0.1, -0.05) is 12.1 Å². The van der Waals surface area contributed by atoms with Gasteiger partial charge in [-0.15, -0.1) is 0 Å². The van der Waals surface area contributed by atoms with Crippen LogP contribution in [0.2, 0.25) is 0 Å². The van der Waals surface area contributed by atoms with Crippen LogP contribution in [0.25, 0.3) is 6.08 Å². The zero-order valence-corrected chi connectivity index (χ0v) is 12.0. The van der Waals surface area contributed by atoms with E-state index in [2.05, 4.69) is 10.3 Å². The summed E-state index contributed by atoms with van der Waals surface area (Å²) >= 11 is 0. The van der Waals surface area contributed by atoms with Crippen LogP contribution in [0.15, 0.2) is 35.0 Å². The molecule has 0 unspecified atom stereocenters. The quantitative estimate of drug-likeness (QED) is 0.784. The molecule has 6 heteroatoms. The molecule has 21 heavy (non-hydrogen) atoms. The van der Waals surface area contributed by atoms with Gasteiger partial charge in [0.05, 0.1) is 13.1 Å². The van der Waals surface area contributed by atoms with E-state index in [9.17, 15) is 14.7 Å². The highest BCUT2D eigenvalue weighted by Gasteiger charge is 2.30.